The first-order valence-corrected chi connectivity index (χ1v) is 7.98. The van der Waals surface area contributed by atoms with Crippen molar-refractivity contribution in [2.75, 3.05) is 0 Å². The van der Waals surface area contributed by atoms with Gasteiger partial charge in [-0.25, -0.2) is 0 Å². The molecule has 0 bridgehead atoms. The zero-order valence-corrected chi connectivity index (χ0v) is 14.1. The molecule has 2 aromatic carbocycles. The third kappa shape index (κ3) is 1.96. The molecule has 1 fully saturated rings. The van der Waals surface area contributed by atoms with Gasteiger partial charge < -0.3 is 9.31 Å². The fourth-order valence-corrected chi connectivity index (χ4v) is 3.22. The lowest BCUT2D eigenvalue weighted by Crippen LogP contribution is -2.41. The summed E-state index contributed by atoms with van der Waals surface area (Å²) in [4.78, 5) is 24.3. The van der Waals surface area contributed by atoms with E-state index >= 15 is 0 Å². The van der Waals surface area contributed by atoms with Gasteiger partial charge in [0.1, 0.15) is 0 Å². The van der Waals surface area contributed by atoms with Gasteiger partial charge in [0.2, 0.25) is 0 Å². The number of imide groups is 1. The highest BCUT2D eigenvalue weighted by atomic mass is 16.7. The zero-order valence-electron chi connectivity index (χ0n) is 14.1. The second kappa shape index (κ2) is 4.68. The highest BCUT2D eigenvalue weighted by molar-refractivity contribution is 6.65. The molecule has 0 spiro atoms. The minimum atomic E-state index is -0.542. The van der Waals surface area contributed by atoms with Crippen molar-refractivity contribution in [2.24, 2.45) is 0 Å². The molecule has 24 heavy (non-hydrogen) atoms. The topological polar surface area (TPSA) is 64.6 Å². The normalized spacial score (nSPS) is 21.2. The van der Waals surface area contributed by atoms with Gasteiger partial charge in [-0.1, -0.05) is 18.2 Å². The van der Waals surface area contributed by atoms with Crippen molar-refractivity contribution in [3.05, 3.63) is 41.5 Å². The monoisotopic (exact) mass is 323 g/mol. The molecule has 2 heterocycles. The lowest BCUT2D eigenvalue weighted by atomic mass is 9.74. The Morgan fingerprint density at radius 1 is 0.875 bits per heavy atom. The van der Waals surface area contributed by atoms with Gasteiger partial charge in [-0.2, -0.15) is 0 Å². The Balaban J connectivity index is 1.93. The van der Waals surface area contributed by atoms with Gasteiger partial charge in [-0.05, 0) is 50.7 Å². The van der Waals surface area contributed by atoms with Crippen molar-refractivity contribution in [1.82, 2.24) is 5.32 Å². The maximum Gasteiger partial charge on any atom is 0.495 e. The van der Waals surface area contributed by atoms with E-state index in [2.05, 4.69) is 5.32 Å². The summed E-state index contributed by atoms with van der Waals surface area (Å²) in [7, 11) is -0.542. The summed E-state index contributed by atoms with van der Waals surface area (Å²) >= 11 is 0. The average Bonchev–Trinajstić information content (AvgIpc) is 2.72. The van der Waals surface area contributed by atoms with E-state index in [1.807, 2.05) is 45.9 Å². The number of rotatable bonds is 1. The van der Waals surface area contributed by atoms with Crippen LogP contribution in [0, 0.1) is 0 Å². The summed E-state index contributed by atoms with van der Waals surface area (Å²) in [5.41, 5.74) is 0.924. The van der Waals surface area contributed by atoms with E-state index in [1.165, 1.54) is 0 Å². The molecule has 1 saturated heterocycles. The zero-order chi connectivity index (χ0) is 17.3. The molecule has 5 nitrogen and oxygen atoms in total. The van der Waals surface area contributed by atoms with Crippen LogP contribution in [0.25, 0.3) is 10.8 Å². The molecular weight excluding hydrogens is 305 g/mol. The van der Waals surface area contributed by atoms with Crippen LogP contribution in [0.4, 0.5) is 0 Å². The largest absolute Gasteiger partial charge is 0.495 e. The molecule has 0 aromatic heterocycles. The first kappa shape index (κ1) is 15.4. The highest BCUT2D eigenvalue weighted by Gasteiger charge is 2.52. The Morgan fingerprint density at radius 2 is 1.46 bits per heavy atom. The smallest absolute Gasteiger partial charge is 0.399 e. The highest BCUT2D eigenvalue weighted by Crippen LogP contribution is 2.37. The maximum atomic E-state index is 12.1. The van der Waals surface area contributed by atoms with E-state index in [4.69, 9.17) is 9.31 Å². The number of hydrogen-bond acceptors (Lipinski definition) is 4. The molecule has 6 heteroatoms. The van der Waals surface area contributed by atoms with Crippen molar-refractivity contribution in [3.63, 3.8) is 0 Å². The third-order valence-electron chi connectivity index (χ3n) is 5.30. The van der Waals surface area contributed by atoms with E-state index in [0.717, 1.165) is 10.8 Å². The molecule has 0 unspecified atom stereocenters. The molecule has 2 aliphatic heterocycles. The van der Waals surface area contributed by atoms with Crippen LogP contribution in [0.15, 0.2) is 30.3 Å². The Bertz CT molecular complexity index is 867. The van der Waals surface area contributed by atoms with Crippen molar-refractivity contribution in [2.45, 2.75) is 38.9 Å². The van der Waals surface area contributed by atoms with Crippen molar-refractivity contribution >= 4 is 35.2 Å². The number of amides is 2. The Hall–Kier alpha value is -2.18. The number of carbonyl (C=O) groups excluding carboxylic acids is 2. The molecule has 2 amide bonds. The fourth-order valence-electron chi connectivity index (χ4n) is 3.22. The summed E-state index contributed by atoms with van der Waals surface area (Å²) in [6.45, 7) is 7.98. The molecule has 0 saturated carbocycles. The van der Waals surface area contributed by atoms with Gasteiger partial charge in [0.15, 0.2) is 0 Å². The van der Waals surface area contributed by atoms with Crippen LogP contribution >= 0.6 is 0 Å². The van der Waals surface area contributed by atoms with E-state index in [-0.39, 0.29) is 11.8 Å². The molecule has 4 rings (SSSR count). The maximum absolute atomic E-state index is 12.1. The molecule has 1 N–H and O–H groups in total. The predicted molar refractivity (Wildman–Crippen MR) is 91.5 cm³/mol. The lowest BCUT2D eigenvalue weighted by Gasteiger charge is -2.32. The summed E-state index contributed by atoms with van der Waals surface area (Å²) < 4.78 is 12.3. The molecule has 2 aromatic rings. The average molecular weight is 323 g/mol. The van der Waals surface area contributed by atoms with E-state index in [0.29, 0.717) is 16.5 Å². The molecule has 0 atom stereocenters. The minimum Gasteiger partial charge on any atom is -0.399 e. The number of hydrogen-bond donors (Lipinski definition) is 1. The van der Waals surface area contributed by atoms with E-state index in [9.17, 15) is 9.59 Å². The minimum absolute atomic E-state index is 0.371. The van der Waals surface area contributed by atoms with Crippen LogP contribution in [-0.2, 0) is 9.31 Å². The second-order valence-electron chi connectivity index (χ2n) is 7.30. The van der Waals surface area contributed by atoms with Crippen molar-refractivity contribution in [3.8, 4) is 0 Å². The summed E-state index contributed by atoms with van der Waals surface area (Å²) in [5.74, 6) is -0.742. The first-order valence-electron chi connectivity index (χ1n) is 7.98. The summed E-state index contributed by atoms with van der Waals surface area (Å²) in [5, 5.41) is 3.85. The summed E-state index contributed by atoms with van der Waals surface area (Å²) in [6, 6.07) is 9.01. The van der Waals surface area contributed by atoms with Crippen LogP contribution in [0.1, 0.15) is 48.4 Å². The second-order valence-corrected chi connectivity index (χ2v) is 7.30. The molecular formula is C18H18BNO4. The first-order chi connectivity index (χ1) is 11.2. The molecule has 0 aliphatic carbocycles. The van der Waals surface area contributed by atoms with E-state index in [1.54, 1.807) is 12.1 Å². The lowest BCUT2D eigenvalue weighted by molar-refractivity contribution is 0.00578. The number of benzene rings is 2. The van der Waals surface area contributed by atoms with Crippen LogP contribution in [-0.4, -0.2) is 30.1 Å². The Labute approximate surface area is 140 Å². The number of carbonyl (C=O) groups is 2. The molecule has 122 valence electrons. The van der Waals surface area contributed by atoms with Gasteiger partial charge in [0.25, 0.3) is 11.8 Å². The SMILES string of the molecule is CC1(C)OB(c2ccc3c4c(cccc24)C(=O)NC3=O)OC1(C)C. The van der Waals surface area contributed by atoms with Crippen molar-refractivity contribution in [1.29, 1.82) is 0 Å². The van der Waals surface area contributed by atoms with Crippen LogP contribution in [0.3, 0.4) is 0 Å². The van der Waals surface area contributed by atoms with Gasteiger partial charge in [0, 0.05) is 16.5 Å². The molecule has 2 aliphatic rings. The summed E-state index contributed by atoms with van der Waals surface area (Å²) in [6.07, 6.45) is 0. The van der Waals surface area contributed by atoms with Gasteiger partial charge >= 0.3 is 7.12 Å². The van der Waals surface area contributed by atoms with Crippen LogP contribution in [0.2, 0.25) is 0 Å². The van der Waals surface area contributed by atoms with E-state index < -0.39 is 18.3 Å². The van der Waals surface area contributed by atoms with Crippen LogP contribution < -0.4 is 10.8 Å². The van der Waals surface area contributed by atoms with Crippen LogP contribution in [0.5, 0.6) is 0 Å². The van der Waals surface area contributed by atoms with Gasteiger partial charge in [0.05, 0.1) is 11.2 Å². The molecule has 0 radical (unpaired) electrons. The quantitative estimate of drug-likeness (QED) is 0.644. The predicted octanol–water partition coefficient (Wildman–Crippen LogP) is 2.02. The van der Waals surface area contributed by atoms with Crippen molar-refractivity contribution < 1.29 is 18.9 Å². The van der Waals surface area contributed by atoms with Gasteiger partial charge in [-0.3, -0.25) is 14.9 Å². The Morgan fingerprint density at radius 3 is 2.08 bits per heavy atom. The fraction of sp³-hybridized carbons (Fsp3) is 0.333. The number of nitrogens with one attached hydrogen (secondary N) is 1. The standard InChI is InChI=1S/C18H18BNO4/c1-17(2)18(3,4)24-19(23-17)13-9-8-12-14-10(13)6-5-7-11(14)15(21)20-16(12)22/h5-9H,1-4H3,(H,20,21,22). The Kier molecular flexibility index (Phi) is 2.99. The third-order valence-corrected chi connectivity index (χ3v) is 5.30. The van der Waals surface area contributed by atoms with Gasteiger partial charge in [-0.15, -0.1) is 0 Å².